The number of alkyl carbamates (subject to hydrolysis) is 1. The molecule has 1 aromatic rings. The first kappa shape index (κ1) is 22.6. The molecular formula is C20H31NO6S. The molecule has 0 aromatic heterocycles. The van der Waals surface area contributed by atoms with Crippen LogP contribution in [0, 0.1) is 5.92 Å². The fraction of sp³-hybridized carbons (Fsp3) is 0.650. The van der Waals surface area contributed by atoms with Crippen molar-refractivity contribution < 1.29 is 26.9 Å². The Balaban J connectivity index is 2.27. The van der Waals surface area contributed by atoms with Crippen LogP contribution in [0.2, 0.25) is 0 Å². The van der Waals surface area contributed by atoms with E-state index < -0.39 is 21.8 Å². The predicted octanol–water partition coefficient (Wildman–Crippen LogP) is 2.85. The van der Waals surface area contributed by atoms with Crippen molar-refractivity contribution in [2.45, 2.75) is 51.2 Å². The minimum atomic E-state index is -3.57. The Morgan fingerprint density at radius 2 is 1.96 bits per heavy atom. The average molecular weight is 414 g/mol. The summed E-state index contributed by atoms with van der Waals surface area (Å²) in [6.07, 6.45) is 1.82. The number of methoxy groups -OCH3 is 1. The molecule has 8 heteroatoms. The Morgan fingerprint density at radius 1 is 1.29 bits per heavy atom. The molecule has 0 heterocycles. The van der Waals surface area contributed by atoms with E-state index in [2.05, 4.69) is 5.32 Å². The lowest BCUT2D eigenvalue weighted by molar-refractivity contribution is 0.0484. The number of benzene rings is 1. The van der Waals surface area contributed by atoms with Gasteiger partial charge in [0.2, 0.25) is 0 Å². The molecule has 1 unspecified atom stereocenters. The molecule has 0 fully saturated rings. The Morgan fingerprint density at radius 3 is 2.57 bits per heavy atom. The number of carbonyl (C=O) groups excluding carboxylic acids is 1. The second-order valence-electron chi connectivity index (χ2n) is 8.21. The van der Waals surface area contributed by atoms with Gasteiger partial charge >= 0.3 is 6.09 Å². The average Bonchev–Trinajstić information content (AvgIpc) is 2.90. The number of nitrogens with one attached hydrogen (secondary N) is 1. The number of carbonyl (C=O) groups is 1. The van der Waals surface area contributed by atoms with Gasteiger partial charge in [-0.3, -0.25) is 4.18 Å². The van der Waals surface area contributed by atoms with Crippen molar-refractivity contribution in [1.29, 1.82) is 0 Å². The zero-order chi connectivity index (χ0) is 20.9. The molecule has 1 amide bonds. The monoisotopic (exact) mass is 413 g/mol. The van der Waals surface area contributed by atoms with E-state index in [1.807, 2.05) is 45.0 Å². The molecule has 28 heavy (non-hydrogen) atoms. The van der Waals surface area contributed by atoms with E-state index in [1.54, 1.807) is 7.11 Å². The van der Waals surface area contributed by atoms with Gasteiger partial charge in [0, 0.05) is 25.7 Å². The van der Waals surface area contributed by atoms with Gasteiger partial charge in [0.05, 0.1) is 12.9 Å². The van der Waals surface area contributed by atoms with Crippen LogP contribution in [0.4, 0.5) is 4.79 Å². The van der Waals surface area contributed by atoms with Crippen molar-refractivity contribution in [2.24, 2.45) is 5.92 Å². The summed E-state index contributed by atoms with van der Waals surface area (Å²) in [5.74, 6) is -0.237. The molecule has 158 valence electrons. The first-order valence-corrected chi connectivity index (χ1v) is 11.2. The molecule has 3 atom stereocenters. The van der Waals surface area contributed by atoms with Crippen LogP contribution < -0.4 is 5.32 Å². The van der Waals surface area contributed by atoms with Crippen molar-refractivity contribution in [1.82, 2.24) is 5.32 Å². The highest BCUT2D eigenvalue weighted by molar-refractivity contribution is 7.85. The Kier molecular flexibility index (Phi) is 7.47. The summed E-state index contributed by atoms with van der Waals surface area (Å²) in [5, 5.41) is 2.98. The predicted molar refractivity (Wildman–Crippen MR) is 107 cm³/mol. The standard InChI is InChI=1S/C20H31NO6S/c1-20(2,3)27-19(22)21-17-12-14-8-6-7-9-16(14)18(17)15(10-11-25-4)13-26-28(5,23)24/h6-9,15,17-18H,10-13H2,1-5H3,(H,21,22)/t15?,17-,18-/m1/s1. The number of ether oxygens (including phenoxy) is 2. The fourth-order valence-corrected chi connectivity index (χ4v) is 4.08. The maximum atomic E-state index is 12.4. The molecule has 0 aliphatic heterocycles. The fourth-order valence-electron chi connectivity index (χ4n) is 3.65. The quantitative estimate of drug-likeness (QED) is 0.659. The molecule has 1 aliphatic carbocycles. The second-order valence-corrected chi connectivity index (χ2v) is 9.86. The van der Waals surface area contributed by atoms with Crippen LogP contribution >= 0.6 is 0 Å². The summed E-state index contributed by atoms with van der Waals surface area (Å²) in [7, 11) is -1.96. The van der Waals surface area contributed by atoms with Gasteiger partial charge in [-0.2, -0.15) is 8.42 Å². The zero-order valence-corrected chi connectivity index (χ0v) is 18.0. The molecule has 0 radical (unpaired) electrons. The van der Waals surface area contributed by atoms with E-state index in [0.717, 1.165) is 17.4 Å². The van der Waals surface area contributed by atoms with Crippen molar-refractivity contribution in [3.63, 3.8) is 0 Å². The number of fused-ring (bicyclic) bond motifs is 1. The van der Waals surface area contributed by atoms with E-state index in [9.17, 15) is 13.2 Å². The maximum Gasteiger partial charge on any atom is 0.407 e. The first-order chi connectivity index (χ1) is 13.0. The van der Waals surface area contributed by atoms with Gasteiger partial charge in [-0.05, 0) is 50.7 Å². The van der Waals surface area contributed by atoms with Crippen LogP contribution in [0.5, 0.6) is 0 Å². The molecule has 0 saturated carbocycles. The van der Waals surface area contributed by atoms with Crippen LogP contribution in [0.3, 0.4) is 0 Å². The van der Waals surface area contributed by atoms with Crippen molar-refractivity contribution >= 4 is 16.2 Å². The largest absolute Gasteiger partial charge is 0.444 e. The summed E-state index contributed by atoms with van der Waals surface area (Å²) in [5.41, 5.74) is 1.64. The molecule has 1 N–H and O–H groups in total. The maximum absolute atomic E-state index is 12.4. The summed E-state index contributed by atoms with van der Waals surface area (Å²) in [4.78, 5) is 12.4. The van der Waals surface area contributed by atoms with Crippen molar-refractivity contribution in [3.05, 3.63) is 35.4 Å². The minimum Gasteiger partial charge on any atom is -0.444 e. The van der Waals surface area contributed by atoms with E-state index in [4.69, 9.17) is 13.7 Å². The summed E-state index contributed by atoms with van der Waals surface area (Å²) in [6.45, 7) is 5.95. The molecule has 0 bridgehead atoms. The third-order valence-corrected chi connectivity index (χ3v) is 5.25. The van der Waals surface area contributed by atoms with E-state index in [1.165, 1.54) is 0 Å². The Labute approximate surface area is 167 Å². The highest BCUT2D eigenvalue weighted by Crippen LogP contribution is 2.40. The van der Waals surface area contributed by atoms with Crippen molar-refractivity contribution in [2.75, 3.05) is 26.6 Å². The van der Waals surface area contributed by atoms with Crippen LogP contribution in [0.25, 0.3) is 0 Å². The lowest BCUT2D eigenvalue weighted by Crippen LogP contribution is -2.43. The van der Waals surface area contributed by atoms with Gasteiger partial charge in [0.15, 0.2) is 0 Å². The van der Waals surface area contributed by atoms with Crippen LogP contribution in [-0.4, -0.2) is 52.7 Å². The smallest absolute Gasteiger partial charge is 0.407 e. The van der Waals surface area contributed by atoms with Crippen LogP contribution in [-0.2, 0) is 30.2 Å². The first-order valence-electron chi connectivity index (χ1n) is 9.41. The third-order valence-electron chi connectivity index (χ3n) is 4.69. The summed E-state index contributed by atoms with van der Waals surface area (Å²) >= 11 is 0. The molecule has 0 spiro atoms. The lowest BCUT2D eigenvalue weighted by Gasteiger charge is -2.30. The number of hydrogen-bond donors (Lipinski definition) is 1. The molecule has 2 rings (SSSR count). The van der Waals surface area contributed by atoms with E-state index in [0.29, 0.717) is 19.4 Å². The van der Waals surface area contributed by atoms with Gasteiger partial charge in [0.25, 0.3) is 10.1 Å². The van der Waals surface area contributed by atoms with Gasteiger partial charge in [-0.25, -0.2) is 4.79 Å². The Bertz CT molecular complexity index is 771. The SMILES string of the molecule is COCCC(COS(C)(=O)=O)[C@@H]1c2ccccc2C[C@H]1NC(=O)OC(C)(C)C. The molecular weight excluding hydrogens is 382 g/mol. The molecule has 0 saturated heterocycles. The van der Waals surface area contributed by atoms with Crippen LogP contribution in [0.15, 0.2) is 24.3 Å². The number of rotatable bonds is 8. The highest BCUT2D eigenvalue weighted by Gasteiger charge is 2.39. The Hall–Kier alpha value is -1.64. The van der Waals surface area contributed by atoms with Gasteiger partial charge in [0.1, 0.15) is 5.60 Å². The summed E-state index contributed by atoms with van der Waals surface area (Å²) < 4.78 is 38.8. The van der Waals surface area contributed by atoms with Gasteiger partial charge in [-0.1, -0.05) is 24.3 Å². The van der Waals surface area contributed by atoms with E-state index >= 15 is 0 Å². The molecule has 1 aromatic carbocycles. The summed E-state index contributed by atoms with van der Waals surface area (Å²) in [6, 6.07) is 7.76. The van der Waals surface area contributed by atoms with Crippen LogP contribution in [0.1, 0.15) is 44.2 Å². The third kappa shape index (κ3) is 6.76. The molecule has 1 aliphatic rings. The van der Waals surface area contributed by atoms with Gasteiger partial charge < -0.3 is 14.8 Å². The molecule has 7 nitrogen and oxygen atoms in total. The van der Waals surface area contributed by atoms with Gasteiger partial charge in [-0.15, -0.1) is 0 Å². The zero-order valence-electron chi connectivity index (χ0n) is 17.2. The normalized spacial score (nSPS) is 20.5. The number of amides is 1. The van der Waals surface area contributed by atoms with Crippen molar-refractivity contribution in [3.8, 4) is 0 Å². The number of hydrogen-bond acceptors (Lipinski definition) is 6. The highest BCUT2D eigenvalue weighted by atomic mass is 32.2. The topological polar surface area (TPSA) is 90.9 Å². The van der Waals surface area contributed by atoms with E-state index in [-0.39, 0.29) is 24.5 Å². The minimum absolute atomic E-state index is 0.0354. The second kappa shape index (κ2) is 9.24. The lowest BCUT2D eigenvalue weighted by atomic mass is 9.83.